The van der Waals surface area contributed by atoms with Gasteiger partial charge in [0.2, 0.25) is 0 Å². The molecule has 0 spiro atoms. The summed E-state index contributed by atoms with van der Waals surface area (Å²) in [6, 6.07) is 6.70. The highest BCUT2D eigenvalue weighted by atomic mass is 79.9. The Labute approximate surface area is 169 Å². The molecule has 3 heterocycles. The first kappa shape index (κ1) is 21.7. The van der Waals surface area contributed by atoms with E-state index in [1.54, 1.807) is 24.3 Å². The fourth-order valence-electron chi connectivity index (χ4n) is 3.33. The Morgan fingerprint density at radius 1 is 1.26 bits per heavy atom. The van der Waals surface area contributed by atoms with Gasteiger partial charge in [-0.2, -0.15) is 0 Å². The maximum absolute atomic E-state index is 13.3. The van der Waals surface area contributed by atoms with E-state index in [9.17, 15) is 4.79 Å². The van der Waals surface area contributed by atoms with Crippen LogP contribution in [0.15, 0.2) is 45.6 Å². The van der Waals surface area contributed by atoms with Crippen molar-refractivity contribution in [2.75, 3.05) is 40.4 Å². The van der Waals surface area contributed by atoms with Crippen molar-refractivity contribution in [2.45, 2.75) is 24.5 Å². The Bertz CT molecular complexity index is 664. The SMILES string of the molecule is C[N+]1(C)CCC(OC(=O)C(OCCCO)(c2ccco2)c2ccco2)C1.[Br-]. The van der Waals surface area contributed by atoms with Crippen molar-refractivity contribution in [2.24, 2.45) is 0 Å². The highest BCUT2D eigenvalue weighted by Gasteiger charge is 2.52. The summed E-state index contributed by atoms with van der Waals surface area (Å²) in [5.74, 6) is 0.0245. The molecular weight excluding hydrogens is 418 g/mol. The molecule has 1 aliphatic heterocycles. The van der Waals surface area contributed by atoms with Crippen molar-refractivity contribution in [3.8, 4) is 0 Å². The van der Waals surface area contributed by atoms with Crippen LogP contribution in [0.4, 0.5) is 0 Å². The summed E-state index contributed by atoms with van der Waals surface area (Å²) in [6.45, 7) is 1.79. The number of carbonyl (C=O) groups is 1. The second-order valence-electron chi connectivity index (χ2n) is 7.22. The summed E-state index contributed by atoms with van der Waals surface area (Å²) in [5.41, 5.74) is -1.62. The second kappa shape index (κ2) is 9.05. The lowest BCUT2D eigenvalue weighted by molar-refractivity contribution is -0.879. The van der Waals surface area contributed by atoms with Gasteiger partial charge in [-0.15, -0.1) is 0 Å². The molecule has 2 aromatic rings. The number of furan rings is 2. The molecule has 27 heavy (non-hydrogen) atoms. The van der Waals surface area contributed by atoms with Crippen LogP contribution in [-0.4, -0.2) is 62.1 Å². The topological polar surface area (TPSA) is 82.0 Å². The van der Waals surface area contributed by atoms with Gasteiger partial charge in [0, 0.05) is 13.0 Å². The van der Waals surface area contributed by atoms with Crippen LogP contribution in [0.3, 0.4) is 0 Å². The third kappa shape index (κ3) is 4.63. The van der Waals surface area contributed by atoms with Crippen LogP contribution in [0.25, 0.3) is 0 Å². The van der Waals surface area contributed by atoms with Crippen molar-refractivity contribution in [3.05, 3.63) is 48.3 Å². The Balaban J connectivity index is 0.00000261. The van der Waals surface area contributed by atoms with Crippen LogP contribution < -0.4 is 17.0 Å². The van der Waals surface area contributed by atoms with E-state index in [1.807, 2.05) is 0 Å². The van der Waals surface area contributed by atoms with E-state index in [0.29, 0.717) is 17.9 Å². The zero-order chi connectivity index (χ0) is 18.6. The molecule has 1 fully saturated rings. The largest absolute Gasteiger partial charge is 1.00 e. The minimum Gasteiger partial charge on any atom is -1.00 e. The van der Waals surface area contributed by atoms with Gasteiger partial charge in [-0.3, -0.25) is 0 Å². The molecule has 0 amide bonds. The van der Waals surface area contributed by atoms with Gasteiger partial charge in [0.1, 0.15) is 6.54 Å². The predicted octanol–water partition coefficient (Wildman–Crippen LogP) is -1.09. The number of halogens is 1. The first-order valence-electron chi connectivity index (χ1n) is 8.84. The molecule has 1 unspecified atom stereocenters. The minimum atomic E-state index is -1.62. The third-order valence-corrected chi connectivity index (χ3v) is 4.67. The Kier molecular flexibility index (Phi) is 7.27. The smallest absolute Gasteiger partial charge is 0.355 e. The van der Waals surface area contributed by atoms with Gasteiger partial charge in [0.15, 0.2) is 17.6 Å². The van der Waals surface area contributed by atoms with Crippen molar-refractivity contribution >= 4 is 5.97 Å². The van der Waals surface area contributed by atoms with E-state index >= 15 is 0 Å². The maximum atomic E-state index is 13.3. The molecule has 2 aromatic heterocycles. The number of hydrogen-bond acceptors (Lipinski definition) is 6. The van der Waals surface area contributed by atoms with Crippen molar-refractivity contribution in [3.63, 3.8) is 0 Å². The highest BCUT2D eigenvalue weighted by molar-refractivity contribution is 5.84. The van der Waals surface area contributed by atoms with E-state index in [2.05, 4.69) is 14.1 Å². The van der Waals surface area contributed by atoms with Crippen LogP contribution in [0.2, 0.25) is 0 Å². The first-order chi connectivity index (χ1) is 12.5. The van der Waals surface area contributed by atoms with Gasteiger partial charge in [0.25, 0.3) is 5.60 Å². The molecule has 3 rings (SSSR count). The van der Waals surface area contributed by atoms with Gasteiger partial charge in [-0.25, -0.2) is 4.79 Å². The van der Waals surface area contributed by atoms with Crippen LogP contribution in [-0.2, 0) is 19.9 Å². The number of likely N-dealkylation sites (N-methyl/N-ethyl adjacent to an activating group) is 1. The first-order valence-corrected chi connectivity index (χ1v) is 8.84. The molecule has 1 aliphatic rings. The van der Waals surface area contributed by atoms with Gasteiger partial charge < -0.3 is 44.9 Å². The molecule has 0 saturated carbocycles. The lowest BCUT2D eigenvalue weighted by Crippen LogP contribution is -3.00. The Hall–Kier alpha value is -1.61. The summed E-state index contributed by atoms with van der Waals surface area (Å²) in [7, 11) is 4.22. The van der Waals surface area contributed by atoms with E-state index < -0.39 is 11.6 Å². The molecular formula is C19H26BrNO6. The number of esters is 1. The van der Waals surface area contributed by atoms with Crippen LogP contribution in [0.1, 0.15) is 24.4 Å². The predicted molar refractivity (Wildman–Crippen MR) is 92.2 cm³/mol. The summed E-state index contributed by atoms with van der Waals surface area (Å²) in [6.07, 6.45) is 3.94. The third-order valence-electron chi connectivity index (χ3n) is 4.67. The molecule has 0 bridgehead atoms. The van der Waals surface area contributed by atoms with E-state index in [0.717, 1.165) is 24.0 Å². The summed E-state index contributed by atoms with van der Waals surface area (Å²) in [5, 5.41) is 9.11. The van der Waals surface area contributed by atoms with Crippen LogP contribution >= 0.6 is 0 Å². The number of rotatable bonds is 8. The molecule has 8 heteroatoms. The van der Waals surface area contributed by atoms with E-state index in [-0.39, 0.29) is 36.3 Å². The summed E-state index contributed by atoms with van der Waals surface area (Å²) in [4.78, 5) is 13.3. The number of carbonyl (C=O) groups excluding carboxylic acids is 1. The number of likely N-dealkylation sites (tertiary alicyclic amines) is 1. The Morgan fingerprint density at radius 3 is 2.33 bits per heavy atom. The van der Waals surface area contributed by atoms with Gasteiger partial charge in [0.05, 0.1) is 39.8 Å². The van der Waals surface area contributed by atoms with Gasteiger partial charge >= 0.3 is 5.97 Å². The average Bonchev–Trinajstić information content (AvgIpc) is 3.34. The number of aliphatic hydroxyl groups is 1. The molecule has 1 saturated heterocycles. The van der Waals surface area contributed by atoms with Crippen LogP contribution in [0.5, 0.6) is 0 Å². The molecule has 1 N–H and O–H groups in total. The zero-order valence-electron chi connectivity index (χ0n) is 15.6. The van der Waals surface area contributed by atoms with Gasteiger partial charge in [-0.1, -0.05) is 0 Å². The summed E-state index contributed by atoms with van der Waals surface area (Å²) >= 11 is 0. The highest BCUT2D eigenvalue weighted by Crippen LogP contribution is 2.37. The normalized spacial score (nSPS) is 18.9. The Morgan fingerprint density at radius 2 is 1.89 bits per heavy atom. The fourth-order valence-corrected chi connectivity index (χ4v) is 3.33. The van der Waals surface area contributed by atoms with E-state index in [4.69, 9.17) is 23.4 Å². The second-order valence-corrected chi connectivity index (χ2v) is 7.22. The fraction of sp³-hybridized carbons (Fsp3) is 0.526. The number of nitrogens with zero attached hydrogens (tertiary/aromatic N) is 1. The van der Waals surface area contributed by atoms with Crippen LogP contribution in [0, 0.1) is 0 Å². The lowest BCUT2D eigenvalue weighted by atomic mass is 9.96. The molecule has 0 aromatic carbocycles. The number of quaternary nitrogens is 1. The number of ether oxygens (including phenoxy) is 2. The lowest BCUT2D eigenvalue weighted by Gasteiger charge is -2.29. The van der Waals surface area contributed by atoms with Crippen molar-refractivity contribution in [1.29, 1.82) is 0 Å². The van der Waals surface area contributed by atoms with Gasteiger partial charge in [-0.05, 0) is 30.7 Å². The standard InChI is InChI=1S/C19H26NO6.BrH/c1-20(2)9-8-15(14-20)26-18(22)19(25-13-5-10-21,16-6-3-11-23-16)17-7-4-12-24-17;/h3-4,6-7,11-12,15,21H,5,8-10,13-14H2,1-2H3;1H/q+1;/p-1. The molecule has 0 aliphatic carbocycles. The quantitative estimate of drug-likeness (QED) is 0.317. The zero-order valence-corrected chi connectivity index (χ0v) is 17.2. The van der Waals surface area contributed by atoms with E-state index in [1.165, 1.54) is 12.5 Å². The number of aliphatic hydroxyl groups excluding tert-OH is 1. The maximum Gasteiger partial charge on any atom is 0.355 e. The molecule has 1 atom stereocenters. The average molecular weight is 444 g/mol. The van der Waals surface area contributed by atoms with Crippen molar-refractivity contribution < 1.29 is 49.7 Å². The molecule has 150 valence electrons. The number of hydrogen-bond donors (Lipinski definition) is 1. The monoisotopic (exact) mass is 443 g/mol. The van der Waals surface area contributed by atoms with Crippen molar-refractivity contribution in [1.82, 2.24) is 0 Å². The molecule has 0 radical (unpaired) electrons. The molecule has 7 nitrogen and oxygen atoms in total. The summed E-state index contributed by atoms with van der Waals surface area (Å²) < 4.78 is 23.6. The minimum absolute atomic E-state index is 0.